The number of pyridine rings is 1. The van der Waals surface area contributed by atoms with E-state index in [0.29, 0.717) is 11.8 Å². The van der Waals surface area contributed by atoms with Crippen molar-refractivity contribution < 1.29 is 4.74 Å². The second-order valence-corrected chi connectivity index (χ2v) is 8.77. The fraction of sp³-hybridized carbons (Fsp3) is 0.120. The second kappa shape index (κ2) is 7.96. The summed E-state index contributed by atoms with van der Waals surface area (Å²) in [6, 6.07) is 19.9. The summed E-state index contributed by atoms with van der Waals surface area (Å²) >= 11 is 1.53. The van der Waals surface area contributed by atoms with E-state index in [-0.39, 0.29) is 0 Å². The molecule has 0 atom stereocenters. The van der Waals surface area contributed by atoms with Gasteiger partial charge >= 0.3 is 0 Å². The number of aryl methyl sites for hydroxylation is 2. The smallest absolute Gasteiger partial charge is 0.249 e. The summed E-state index contributed by atoms with van der Waals surface area (Å²) in [7, 11) is 1.67. The van der Waals surface area contributed by atoms with Crippen LogP contribution in [-0.4, -0.2) is 36.5 Å². The first-order valence-corrected chi connectivity index (χ1v) is 11.7. The molecule has 8 nitrogen and oxygen atoms in total. The summed E-state index contributed by atoms with van der Waals surface area (Å²) in [5, 5.41) is 15.8. The number of fused-ring (bicyclic) bond motifs is 2. The van der Waals surface area contributed by atoms with Gasteiger partial charge in [0.05, 0.1) is 24.2 Å². The molecule has 34 heavy (non-hydrogen) atoms. The van der Waals surface area contributed by atoms with Gasteiger partial charge in [0, 0.05) is 16.3 Å². The summed E-state index contributed by atoms with van der Waals surface area (Å²) in [6.45, 7) is 4.08. The van der Waals surface area contributed by atoms with E-state index in [1.807, 2.05) is 82.2 Å². The fourth-order valence-electron chi connectivity index (χ4n) is 4.21. The van der Waals surface area contributed by atoms with E-state index in [4.69, 9.17) is 19.9 Å². The summed E-state index contributed by atoms with van der Waals surface area (Å²) < 4.78 is 9.24. The Morgan fingerprint density at radius 2 is 1.74 bits per heavy atom. The van der Waals surface area contributed by atoms with Crippen molar-refractivity contribution in [3.8, 4) is 22.7 Å². The van der Waals surface area contributed by atoms with Gasteiger partial charge in [-0.1, -0.05) is 30.3 Å². The number of benzene rings is 2. The Morgan fingerprint density at radius 3 is 2.56 bits per heavy atom. The molecule has 9 heteroatoms. The topological polar surface area (TPSA) is 82.2 Å². The lowest BCUT2D eigenvalue weighted by atomic mass is 10.1. The Balaban J connectivity index is 1.41. The average Bonchev–Trinajstić information content (AvgIpc) is 3.52. The Hall–Kier alpha value is -4.24. The largest absolute Gasteiger partial charge is 0.496 e. The number of ether oxygens (including phenoxy) is 1. The normalized spacial score (nSPS) is 11.4. The predicted octanol–water partition coefficient (Wildman–Crippen LogP) is 5.56. The fourth-order valence-corrected chi connectivity index (χ4v) is 5.03. The first-order valence-electron chi connectivity index (χ1n) is 10.8. The summed E-state index contributed by atoms with van der Waals surface area (Å²) in [6.07, 6.45) is 0. The molecule has 0 saturated carbocycles. The van der Waals surface area contributed by atoms with Crippen molar-refractivity contribution in [1.82, 2.24) is 29.4 Å². The van der Waals surface area contributed by atoms with Crippen LogP contribution in [0.3, 0.4) is 0 Å². The van der Waals surface area contributed by atoms with Crippen molar-refractivity contribution >= 4 is 39.1 Å². The van der Waals surface area contributed by atoms with Crippen LogP contribution in [0, 0.1) is 13.8 Å². The molecule has 0 spiro atoms. The van der Waals surface area contributed by atoms with Crippen molar-refractivity contribution in [2.75, 3.05) is 12.4 Å². The molecular formula is C25H21N7OS. The third kappa shape index (κ3) is 3.29. The number of para-hydroxylation sites is 2. The SMILES string of the molecule is COc1ccccc1-c1csc2nc(Nc3cc(C)c4c(C)nn(-c5ccccc5)c4n3)nn12. The van der Waals surface area contributed by atoms with Crippen LogP contribution in [0.1, 0.15) is 11.3 Å². The van der Waals surface area contributed by atoms with Gasteiger partial charge in [-0.05, 0) is 49.7 Å². The minimum atomic E-state index is 0.483. The lowest BCUT2D eigenvalue weighted by Crippen LogP contribution is -2.01. The maximum absolute atomic E-state index is 5.53. The molecule has 168 valence electrons. The van der Waals surface area contributed by atoms with E-state index in [0.717, 1.165) is 49.9 Å². The first kappa shape index (κ1) is 20.4. The third-order valence-corrected chi connectivity index (χ3v) is 6.53. The van der Waals surface area contributed by atoms with Gasteiger partial charge in [-0.25, -0.2) is 14.2 Å². The van der Waals surface area contributed by atoms with Gasteiger partial charge in [0.15, 0.2) is 5.65 Å². The van der Waals surface area contributed by atoms with E-state index in [9.17, 15) is 0 Å². The Morgan fingerprint density at radius 1 is 0.941 bits per heavy atom. The Labute approximate surface area is 199 Å². The molecule has 0 saturated heterocycles. The molecule has 0 amide bonds. The molecule has 4 aromatic heterocycles. The second-order valence-electron chi connectivity index (χ2n) is 7.93. The molecule has 0 aliphatic carbocycles. The van der Waals surface area contributed by atoms with Crippen molar-refractivity contribution in [1.29, 1.82) is 0 Å². The summed E-state index contributed by atoms with van der Waals surface area (Å²) in [4.78, 5) is 10.3. The number of thiazole rings is 1. The van der Waals surface area contributed by atoms with Gasteiger partial charge in [0.1, 0.15) is 11.6 Å². The number of methoxy groups -OCH3 is 1. The highest BCUT2D eigenvalue weighted by Crippen LogP contribution is 2.33. The first-order chi connectivity index (χ1) is 16.6. The number of rotatable bonds is 5. The van der Waals surface area contributed by atoms with Crippen molar-refractivity contribution in [2.45, 2.75) is 13.8 Å². The van der Waals surface area contributed by atoms with E-state index in [2.05, 4.69) is 17.2 Å². The number of nitrogens with one attached hydrogen (secondary N) is 1. The maximum atomic E-state index is 5.53. The minimum Gasteiger partial charge on any atom is -0.496 e. The molecule has 6 aromatic rings. The molecule has 0 bridgehead atoms. The van der Waals surface area contributed by atoms with Crippen molar-refractivity contribution in [2.24, 2.45) is 0 Å². The van der Waals surface area contributed by atoms with E-state index in [1.165, 1.54) is 11.3 Å². The number of anilines is 2. The van der Waals surface area contributed by atoms with Gasteiger partial charge < -0.3 is 10.1 Å². The lowest BCUT2D eigenvalue weighted by Gasteiger charge is -2.07. The summed E-state index contributed by atoms with van der Waals surface area (Å²) in [5.74, 6) is 1.94. The van der Waals surface area contributed by atoms with Crippen molar-refractivity contribution in [3.05, 3.63) is 77.3 Å². The monoisotopic (exact) mass is 467 g/mol. The molecule has 4 heterocycles. The highest BCUT2D eigenvalue weighted by Gasteiger charge is 2.17. The van der Waals surface area contributed by atoms with Gasteiger partial charge in [-0.3, -0.25) is 0 Å². The van der Waals surface area contributed by atoms with Crippen molar-refractivity contribution in [3.63, 3.8) is 0 Å². The zero-order chi connectivity index (χ0) is 23.2. The molecule has 0 aliphatic heterocycles. The summed E-state index contributed by atoms with van der Waals surface area (Å²) in [5.41, 5.74) is 5.68. The van der Waals surface area contributed by atoms with Crippen LogP contribution in [-0.2, 0) is 0 Å². The molecule has 0 unspecified atom stereocenters. The quantitative estimate of drug-likeness (QED) is 0.357. The molecule has 0 radical (unpaired) electrons. The van der Waals surface area contributed by atoms with Crippen LogP contribution in [0.25, 0.3) is 32.9 Å². The van der Waals surface area contributed by atoms with Crippen LogP contribution in [0.2, 0.25) is 0 Å². The van der Waals surface area contributed by atoms with Gasteiger partial charge in [0.25, 0.3) is 0 Å². The molecule has 6 rings (SSSR count). The Kier molecular flexibility index (Phi) is 4.77. The van der Waals surface area contributed by atoms with Gasteiger partial charge in [-0.2, -0.15) is 10.1 Å². The van der Waals surface area contributed by atoms with E-state index in [1.54, 1.807) is 7.11 Å². The molecule has 2 aromatic carbocycles. The van der Waals surface area contributed by atoms with Crippen LogP contribution in [0.15, 0.2) is 66.0 Å². The van der Waals surface area contributed by atoms with Crippen LogP contribution < -0.4 is 10.1 Å². The standard InChI is InChI=1S/C25H21N7OS/c1-15-13-21(26-23-22(15)16(2)29-31(23)17-9-5-4-6-10-17)27-24-28-25-32(30-24)19(14-34-25)18-11-7-8-12-20(18)33-3/h4-14H,1-3H3,(H,26,27,30). The van der Waals surface area contributed by atoms with Crippen LogP contribution in [0.5, 0.6) is 5.75 Å². The number of hydrogen-bond acceptors (Lipinski definition) is 7. The van der Waals surface area contributed by atoms with Crippen LogP contribution >= 0.6 is 11.3 Å². The van der Waals surface area contributed by atoms with Gasteiger partial charge in [0.2, 0.25) is 10.9 Å². The Bertz CT molecular complexity index is 1650. The average molecular weight is 468 g/mol. The predicted molar refractivity (Wildman–Crippen MR) is 134 cm³/mol. The number of nitrogens with zero attached hydrogens (tertiary/aromatic N) is 6. The number of aromatic nitrogens is 6. The minimum absolute atomic E-state index is 0.483. The highest BCUT2D eigenvalue weighted by atomic mass is 32.1. The zero-order valence-electron chi connectivity index (χ0n) is 18.9. The van der Waals surface area contributed by atoms with E-state index < -0.39 is 0 Å². The molecule has 0 aliphatic rings. The molecule has 0 fully saturated rings. The third-order valence-electron chi connectivity index (χ3n) is 5.72. The molecule has 1 N–H and O–H groups in total. The van der Waals surface area contributed by atoms with E-state index >= 15 is 0 Å². The maximum Gasteiger partial charge on any atom is 0.249 e. The lowest BCUT2D eigenvalue weighted by molar-refractivity contribution is 0.416. The molecular weight excluding hydrogens is 446 g/mol. The van der Waals surface area contributed by atoms with Crippen LogP contribution in [0.4, 0.5) is 11.8 Å². The van der Waals surface area contributed by atoms with Gasteiger partial charge in [-0.15, -0.1) is 16.4 Å². The number of hydrogen-bond donors (Lipinski definition) is 1. The highest BCUT2D eigenvalue weighted by molar-refractivity contribution is 7.15. The zero-order valence-corrected chi connectivity index (χ0v) is 19.7.